The highest BCUT2D eigenvalue weighted by Gasteiger charge is 2.28. The lowest BCUT2D eigenvalue weighted by atomic mass is 10.2. The van der Waals surface area contributed by atoms with E-state index in [-0.39, 0.29) is 0 Å². The molecule has 2 rings (SSSR count). The fourth-order valence-corrected chi connectivity index (χ4v) is 2.98. The lowest BCUT2D eigenvalue weighted by Crippen LogP contribution is -2.37. The molecule has 3 N–H and O–H groups in total. The van der Waals surface area contributed by atoms with Crippen LogP contribution in [0.5, 0.6) is 0 Å². The van der Waals surface area contributed by atoms with Crippen molar-refractivity contribution in [3.63, 3.8) is 0 Å². The molecular weight excluding hydrogens is 200 g/mol. The van der Waals surface area contributed by atoms with E-state index in [1.807, 2.05) is 0 Å². The molecule has 0 aliphatic carbocycles. The zero-order valence-electron chi connectivity index (χ0n) is 10.1. The molecule has 0 spiro atoms. The predicted octanol–water partition coefficient (Wildman–Crippen LogP) is 0.873. The van der Waals surface area contributed by atoms with E-state index in [2.05, 4.69) is 9.80 Å². The third-order valence-corrected chi connectivity index (χ3v) is 3.81. The van der Waals surface area contributed by atoms with Crippen LogP contribution >= 0.6 is 0 Å². The molecule has 2 aliphatic heterocycles. The first kappa shape index (κ1) is 11.9. The van der Waals surface area contributed by atoms with Gasteiger partial charge in [-0.25, -0.2) is 0 Å². The molecule has 0 radical (unpaired) electrons. The summed E-state index contributed by atoms with van der Waals surface area (Å²) in [5, 5.41) is 7.22. The van der Waals surface area contributed by atoms with Crippen molar-refractivity contribution in [2.45, 2.75) is 38.1 Å². The standard InChI is InChI=1S/C12H24N4/c13-12(14)5-2-6-15-7-3-9-16-8-1-4-11(16)10-15/h11H,1-10H2,(H3,13,14). The molecule has 2 saturated heterocycles. The summed E-state index contributed by atoms with van der Waals surface area (Å²) in [6.45, 7) is 6.17. The molecule has 1 atom stereocenters. The Kier molecular flexibility index (Phi) is 4.18. The summed E-state index contributed by atoms with van der Waals surface area (Å²) in [7, 11) is 0. The number of nitrogens with zero attached hydrogens (tertiary/aromatic N) is 2. The molecule has 0 aromatic carbocycles. The lowest BCUT2D eigenvalue weighted by molar-refractivity contribution is 0.219. The van der Waals surface area contributed by atoms with Crippen molar-refractivity contribution in [1.29, 1.82) is 5.41 Å². The van der Waals surface area contributed by atoms with Crippen LogP contribution in [0.3, 0.4) is 0 Å². The van der Waals surface area contributed by atoms with E-state index in [4.69, 9.17) is 11.1 Å². The summed E-state index contributed by atoms with van der Waals surface area (Å²) in [6, 6.07) is 0.805. The third kappa shape index (κ3) is 3.19. The molecule has 0 aromatic rings. The van der Waals surface area contributed by atoms with Crippen LogP contribution in [-0.2, 0) is 0 Å². The molecule has 92 valence electrons. The van der Waals surface area contributed by atoms with Gasteiger partial charge in [-0.3, -0.25) is 10.3 Å². The van der Waals surface area contributed by atoms with E-state index in [1.54, 1.807) is 0 Å². The number of hydrogen-bond acceptors (Lipinski definition) is 3. The van der Waals surface area contributed by atoms with Crippen molar-refractivity contribution >= 4 is 5.84 Å². The largest absolute Gasteiger partial charge is 0.388 e. The number of hydrogen-bond donors (Lipinski definition) is 2. The van der Waals surface area contributed by atoms with Gasteiger partial charge in [-0.2, -0.15) is 0 Å². The summed E-state index contributed by atoms with van der Waals surface area (Å²) in [5.41, 5.74) is 5.38. The molecule has 4 nitrogen and oxygen atoms in total. The van der Waals surface area contributed by atoms with Gasteiger partial charge in [0.25, 0.3) is 0 Å². The summed E-state index contributed by atoms with van der Waals surface area (Å²) in [5.74, 6) is 0.331. The molecule has 0 aromatic heterocycles. The third-order valence-electron chi connectivity index (χ3n) is 3.81. The maximum Gasteiger partial charge on any atom is 0.0905 e. The molecular formula is C12H24N4. The van der Waals surface area contributed by atoms with Crippen molar-refractivity contribution in [2.75, 3.05) is 32.7 Å². The van der Waals surface area contributed by atoms with Gasteiger partial charge < -0.3 is 10.6 Å². The van der Waals surface area contributed by atoms with Gasteiger partial charge in [-0.15, -0.1) is 0 Å². The number of nitrogens with one attached hydrogen (secondary N) is 1. The summed E-state index contributed by atoms with van der Waals surface area (Å²) in [4.78, 5) is 5.23. The number of amidine groups is 1. The first-order valence-electron chi connectivity index (χ1n) is 6.55. The average Bonchev–Trinajstić information content (AvgIpc) is 2.57. The summed E-state index contributed by atoms with van der Waals surface area (Å²) >= 11 is 0. The van der Waals surface area contributed by atoms with Gasteiger partial charge in [-0.05, 0) is 51.9 Å². The van der Waals surface area contributed by atoms with E-state index >= 15 is 0 Å². The van der Waals surface area contributed by atoms with E-state index < -0.39 is 0 Å². The first-order valence-corrected chi connectivity index (χ1v) is 6.55. The molecule has 2 fully saturated rings. The van der Waals surface area contributed by atoms with Crippen LogP contribution in [-0.4, -0.2) is 54.4 Å². The maximum absolute atomic E-state index is 7.22. The Hall–Kier alpha value is -0.610. The fourth-order valence-electron chi connectivity index (χ4n) is 2.98. The molecule has 0 bridgehead atoms. The highest BCUT2D eigenvalue weighted by atomic mass is 15.3. The van der Waals surface area contributed by atoms with Gasteiger partial charge in [0.05, 0.1) is 5.84 Å². The molecule has 0 amide bonds. The maximum atomic E-state index is 7.22. The van der Waals surface area contributed by atoms with E-state index in [9.17, 15) is 0 Å². The SMILES string of the molecule is N=C(N)CCCN1CCCN2CCCC2C1. The predicted molar refractivity (Wildman–Crippen MR) is 66.8 cm³/mol. The van der Waals surface area contributed by atoms with Crippen LogP contribution in [0.1, 0.15) is 32.1 Å². The molecule has 0 saturated carbocycles. The summed E-state index contributed by atoms with van der Waals surface area (Å²) in [6.07, 6.45) is 5.86. The smallest absolute Gasteiger partial charge is 0.0905 e. The minimum atomic E-state index is 0.331. The molecule has 1 unspecified atom stereocenters. The van der Waals surface area contributed by atoms with Crippen molar-refractivity contribution in [3.05, 3.63) is 0 Å². The Morgan fingerprint density at radius 2 is 2.06 bits per heavy atom. The second kappa shape index (κ2) is 5.64. The highest BCUT2D eigenvalue weighted by molar-refractivity contribution is 5.76. The molecule has 2 heterocycles. The molecule has 2 aliphatic rings. The van der Waals surface area contributed by atoms with Crippen molar-refractivity contribution < 1.29 is 0 Å². The number of rotatable bonds is 4. The van der Waals surface area contributed by atoms with Gasteiger partial charge >= 0.3 is 0 Å². The fraction of sp³-hybridized carbons (Fsp3) is 0.917. The van der Waals surface area contributed by atoms with Crippen LogP contribution in [0.2, 0.25) is 0 Å². The second-order valence-electron chi connectivity index (χ2n) is 5.11. The number of nitrogens with two attached hydrogens (primary N) is 1. The lowest BCUT2D eigenvalue weighted by Gasteiger charge is -2.25. The Bertz CT molecular complexity index is 241. The molecule has 4 heteroatoms. The van der Waals surface area contributed by atoms with Crippen LogP contribution in [0.25, 0.3) is 0 Å². The van der Waals surface area contributed by atoms with E-state index in [1.165, 1.54) is 45.4 Å². The van der Waals surface area contributed by atoms with Crippen LogP contribution in [0, 0.1) is 5.41 Å². The Labute approximate surface area is 98.3 Å². The second-order valence-corrected chi connectivity index (χ2v) is 5.11. The molecule has 16 heavy (non-hydrogen) atoms. The minimum absolute atomic E-state index is 0.331. The Morgan fingerprint density at radius 3 is 2.88 bits per heavy atom. The zero-order valence-corrected chi connectivity index (χ0v) is 10.1. The quantitative estimate of drug-likeness (QED) is 0.550. The highest BCUT2D eigenvalue weighted by Crippen LogP contribution is 2.21. The average molecular weight is 224 g/mol. The minimum Gasteiger partial charge on any atom is -0.388 e. The van der Waals surface area contributed by atoms with Crippen LogP contribution in [0.15, 0.2) is 0 Å². The van der Waals surface area contributed by atoms with Gasteiger partial charge in [-0.1, -0.05) is 0 Å². The topological polar surface area (TPSA) is 56.4 Å². The van der Waals surface area contributed by atoms with Crippen molar-refractivity contribution in [1.82, 2.24) is 9.80 Å². The monoisotopic (exact) mass is 224 g/mol. The van der Waals surface area contributed by atoms with Crippen molar-refractivity contribution in [2.24, 2.45) is 5.73 Å². The normalized spacial score (nSPS) is 27.6. The van der Waals surface area contributed by atoms with Gasteiger partial charge in [0.1, 0.15) is 0 Å². The van der Waals surface area contributed by atoms with E-state index in [0.29, 0.717) is 5.84 Å². The summed E-state index contributed by atoms with van der Waals surface area (Å²) < 4.78 is 0. The number of fused-ring (bicyclic) bond motifs is 1. The van der Waals surface area contributed by atoms with Crippen LogP contribution < -0.4 is 5.73 Å². The van der Waals surface area contributed by atoms with Gasteiger partial charge in [0.2, 0.25) is 0 Å². The Balaban J connectivity index is 1.75. The van der Waals surface area contributed by atoms with Gasteiger partial charge in [0, 0.05) is 19.0 Å². The Morgan fingerprint density at radius 1 is 1.25 bits per heavy atom. The zero-order chi connectivity index (χ0) is 11.4. The van der Waals surface area contributed by atoms with Crippen molar-refractivity contribution in [3.8, 4) is 0 Å². The first-order chi connectivity index (χ1) is 7.75. The van der Waals surface area contributed by atoms with Gasteiger partial charge in [0.15, 0.2) is 0 Å². The van der Waals surface area contributed by atoms with Crippen LogP contribution in [0.4, 0.5) is 0 Å². The van der Waals surface area contributed by atoms with E-state index in [0.717, 1.165) is 25.4 Å².